The van der Waals surface area contributed by atoms with Gasteiger partial charge in [-0.15, -0.1) is 11.3 Å². The maximum absolute atomic E-state index is 13.2. The summed E-state index contributed by atoms with van der Waals surface area (Å²) < 4.78 is 12.4. The fourth-order valence-corrected chi connectivity index (χ4v) is 5.15. The van der Waals surface area contributed by atoms with Gasteiger partial charge in [-0.1, -0.05) is 42.1 Å². The fourth-order valence-electron chi connectivity index (χ4n) is 3.60. The first-order valence-electron chi connectivity index (χ1n) is 10.7. The highest BCUT2D eigenvalue weighted by atomic mass is 32.2. The molecular formula is C25H25N3O4S2. The summed E-state index contributed by atoms with van der Waals surface area (Å²) in [6.07, 6.45) is 0.729. The number of aryl methyl sites for hydroxylation is 1. The van der Waals surface area contributed by atoms with E-state index in [0.29, 0.717) is 40.6 Å². The molecular weight excluding hydrogens is 470 g/mol. The van der Waals surface area contributed by atoms with Crippen LogP contribution in [-0.2, 0) is 24.3 Å². The van der Waals surface area contributed by atoms with Gasteiger partial charge in [0, 0.05) is 23.5 Å². The summed E-state index contributed by atoms with van der Waals surface area (Å²) in [5, 5.41) is 6.05. The Labute approximate surface area is 205 Å². The molecule has 7 nitrogen and oxygen atoms in total. The molecule has 0 radical (unpaired) electrons. The third kappa shape index (κ3) is 5.43. The predicted molar refractivity (Wildman–Crippen MR) is 136 cm³/mol. The molecule has 4 aromatic rings. The molecule has 176 valence electrons. The number of hydrogen-bond donors (Lipinski definition) is 1. The van der Waals surface area contributed by atoms with Gasteiger partial charge < -0.3 is 14.8 Å². The van der Waals surface area contributed by atoms with Gasteiger partial charge in [-0.25, -0.2) is 4.98 Å². The number of benzene rings is 2. The van der Waals surface area contributed by atoms with E-state index in [9.17, 15) is 9.59 Å². The van der Waals surface area contributed by atoms with E-state index in [0.717, 1.165) is 12.0 Å². The maximum atomic E-state index is 13.2. The summed E-state index contributed by atoms with van der Waals surface area (Å²) >= 11 is 2.92. The first-order valence-corrected chi connectivity index (χ1v) is 12.6. The van der Waals surface area contributed by atoms with Crippen LogP contribution in [0.1, 0.15) is 10.4 Å². The number of carbonyl (C=O) groups excluding carboxylic acids is 1. The molecule has 1 amide bonds. The number of aromatic nitrogens is 2. The molecule has 2 heterocycles. The zero-order chi connectivity index (χ0) is 23.9. The van der Waals surface area contributed by atoms with E-state index in [1.807, 2.05) is 41.8 Å². The van der Waals surface area contributed by atoms with Gasteiger partial charge in [0.2, 0.25) is 5.91 Å². The Morgan fingerprint density at radius 1 is 1.09 bits per heavy atom. The minimum absolute atomic E-state index is 0.0915. The van der Waals surface area contributed by atoms with Gasteiger partial charge >= 0.3 is 0 Å². The highest BCUT2D eigenvalue weighted by Crippen LogP contribution is 2.30. The van der Waals surface area contributed by atoms with Crippen LogP contribution >= 0.6 is 23.1 Å². The zero-order valence-electron chi connectivity index (χ0n) is 18.9. The molecule has 0 bridgehead atoms. The van der Waals surface area contributed by atoms with E-state index >= 15 is 0 Å². The van der Waals surface area contributed by atoms with E-state index in [1.165, 1.54) is 16.6 Å². The van der Waals surface area contributed by atoms with Crippen molar-refractivity contribution in [1.29, 1.82) is 0 Å². The minimum atomic E-state index is -0.165. The predicted octanol–water partition coefficient (Wildman–Crippen LogP) is 4.13. The number of methoxy groups -OCH3 is 2. The highest BCUT2D eigenvalue weighted by Gasteiger charge is 2.15. The molecule has 0 aliphatic heterocycles. The summed E-state index contributed by atoms with van der Waals surface area (Å²) in [4.78, 5) is 31.7. The Bertz CT molecular complexity index is 1340. The van der Waals surface area contributed by atoms with Crippen molar-refractivity contribution in [2.75, 3.05) is 20.0 Å². The van der Waals surface area contributed by atoms with Crippen LogP contribution in [0.2, 0.25) is 0 Å². The molecule has 0 atom stereocenters. The number of nitrogens with one attached hydrogen (secondary N) is 1. The summed E-state index contributed by atoms with van der Waals surface area (Å²) in [5.74, 6) is 1.17. The molecule has 1 N–H and O–H groups in total. The van der Waals surface area contributed by atoms with Gasteiger partial charge in [0.25, 0.3) is 5.56 Å². The Hall–Kier alpha value is -3.30. The monoisotopic (exact) mass is 495 g/mol. The van der Waals surface area contributed by atoms with Crippen LogP contribution in [-0.4, -0.2) is 35.4 Å². The molecule has 0 fully saturated rings. The molecule has 0 spiro atoms. The lowest BCUT2D eigenvalue weighted by Crippen LogP contribution is -2.27. The Morgan fingerprint density at radius 2 is 1.94 bits per heavy atom. The van der Waals surface area contributed by atoms with E-state index in [-0.39, 0.29) is 17.2 Å². The lowest BCUT2D eigenvalue weighted by atomic mass is 10.2. The fraction of sp³-hybridized carbons (Fsp3) is 0.240. The molecule has 0 unspecified atom stereocenters. The topological polar surface area (TPSA) is 82.5 Å². The van der Waals surface area contributed by atoms with Crippen molar-refractivity contribution in [1.82, 2.24) is 14.9 Å². The molecule has 0 saturated heterocycles. The second kappa shape index (κ2) is 11.2. The number of ether oxygens (including phenoxy) is 2. The van der Waals surface area contributed by atoms with Crippen molar-refractivity contribution in [2.45, 2.75) is 24.7 Å². The number of thiophene rings is 1. The molecule has 4 rings (SSSR count). The maximum Gasteiger partial charge on any atom is 0.262 e. The average Bonchev–Trinajstić information content (AvgIpc) is 3.39. The van der Waals surface area contributed by atoms with Crippen molar-refractivity contribution in [2.24, 2.45) is 0 Å². The van der Waals surface area contributed by atoms with Crippen LogP contribution in [0.15, 0.2) is 69.9 Å². The van der Waals surface area contributed by atoms with E-state index in [4.69, 9.17) is 9.47 Å². The van der Waals surface area contributed by atoms with Gasteiger partial charge in [-0.2, -0.15) is 0 Å². The largest absolute Gasteiger partial charge is 0.493 e. The minimum Gasteiger partial charge on any atom is -0.493 e. The van der Waals surface area contributed by atoms with Crippen molar-refractivity contribution in [3.63, 3.8) is 0 Å². The van der Waals surface area contributed by atoms with Crippen molar-refractivity contribution < 1.29 is 14.3 Å². The van der Waals surface area contributed by atoms with Crippen molar-refractivity contribution in [3.8, 4) is 11.5 Å². The van der Waals surface area contributed by atoms with Crippen LogP contribution in [0.5, 0.6) is 11.5 Å². The lowest BCUT2D eigenvalue weighted by Gasteiger charge is -2.14. The highest BCUT2D eigenvalue weighted by molar-refractivity contribution is 7.99. The summed E-state index contributed by atoms with van der Waals surface area (Å²) in [7, 11) is 3.14. The van der Waals surface area contributed by atoms with E-state index < -0.39 is 0 Å². The van der Waals surface area contributed by atoms with Crippen molar-refractivity contribution in [3.05, 3.63) is 80.8 Å². The normalized spacial score (nSPS) is 10.9. The molecule has 2 aromatic carbocycles. The van der Waals surface area contributed by atoms with Gasteiger partial charge in [-0.05, 0) is 36.1 Å². The van der Waals surface area contributed by atoms with Crippen LogP contribution in [0, 0.1) is 0 Å². The molecule has 2 aromatic heterocycles. The first kappa shape index (κ1) is 23.8. The third-order valence-electron chi connectivity index (χ3n) is 5.28. The molecule has 34 heavy (non-hydrogen) atoms. The number of fused-ring (bicyclic) bond motifs is 1. The number of carbonyl (C=O) groups is 1. The van der Waals surface area contributed by atoms with Gasteiger partial charge in [0.05, 0.1) is 30.9 Å². The number of amides is 1. The smallest absolute Gasteiger partial charge is 0.262 e. The van der Waals surface area contributed by atoms with Crippen LogP contribution in [0.3, 0.4) is 0 Å². The Morgan fingerprint density at radius 3 is 2.71 bits per heavy atom. The number of para-hydroxylation sites is 2. The Balaban J connectivity index is 1.48. The molecule has 9 heteroatoms. The van der Waals surface area contributed by atoms with Crippen LogP contribution < -0.4 is 20.3 Å². The second-order valence-corrected chi connectivity index (χ2v) is 9.39. The number of nitrogens with zero attached hydrogens (tertiary/aromatic N) is 2. The first-order chi connectivity index (χ1) is 16.6. The third-order valence-corrected chi connectivity index (χ3v) is 7.19. The summed E-state index contributed by atoms with van der Waals surface area (Å²) in [6, 6.07) is 16.9. The van der Waals surface area contributed by atoms with Crippen LogP contribution in [0.4, 0.5) is 0 Å². The van der Waals surface area contributed by atoms with E-state index in [2.05, 4.69) is 16.4 Å². The van der Waals surface area contributed by atoms with Crippen molar-refractivity contribution >= 4 is 39.9 Å². The quantitative estimate of drug-likeness (QED) is 0.263. The molecule has 0 aliphatic carbocycles. The number of hydrogen-bond acceptors (Lipinski definition) is 7. The number of rotatable bonds is 10. The SMILES string of the molecule is COc1cccc(CNC(=O)CSc2nc3ccccc3c(=O)n2CCc2cccs2)c1OC. The molecule has 0 saturated carbocycles. The van der Waals surface area contributed by atoms with Crippen LogP contribution in [0.25, 0.3) is 10.9 Å². The lowest BCUT2D eigenvalue weighted by molar-refractivity contribution is -0.118. The van der Waals surface area contributed by atoms with Gasteiger partial charge in [0.1, 0.15) is 0 Å². The Kier molecular flexibility index (Phi) is 7.87. The van der Waals surface area contributed by atoms with E-state index in [1.54, 1.807) is 42.3 Å². The second-order valence-electron chi connectivity index (χ2n) is 7.42. The molecule has 0 aliphatic rings. The summed E-state index contributed by atoms with van der Waals surface area (Å²) in [5.41, 5.74) is 1.35. The number of thioether (sulfide) groups is 1. The summed E-state index contributed by atoms with van der Waals surface area (Å²) in [6.45, 7) is 0.804. The van der Waals surface area contributed by atoms with Gasteiger partial charge in [-0.3, -0.25) is 14.2 Å². The standard InChI is InChI=1S/C25H25N3O4S2/c1-31-21-11-5-7-17(23(21)32-2)15-26-22(29)16-34-25-27-20-10-4-3-9-19(20)24(30)28(25)13-12-18-8-6-14-33-18/h3-11,14H,12-13,15-16H2,1-2H3,(H,26,29). The van der Waals surface area contributed by atoms with Gasteiger partial charge in [0.15, 0.2) is 16.7 Å². The average molecular weight is 496 g/mol. The zero-order valence-corrected chi connectivity index (χ0v) is 20.6.